The van der Waals surface area contributed by atoms with Gasteiger partial charge in [0, 0.05) is 17.0 Å². The number of pyridine rings is 1. The Morgan fingerprint density at radius 3 is 2.50 bits per heavy atom. The highest BCUT2D eigenvalue weighted by Crippen LogP contribution is 2.20. The number of hydrogen-bond acceptors (Lipinski definition) is 5. The Kier molecular flexibility index (Phi) is 3.72. The molecule has 2 aromatic rings. The predicted octanol–water partition coefficient (Wildman–Crippen LogP) is 2.55. The SMILES string of the molecule is CCC[C@@H](N)c1nc(-c2cc(C)nc(C)c2)no1. The molecule has 2 rings (SSSR count). The van der Waals surface area contributed by atoms with Crippen LogP contribution in [-0.4, -0.2) is 15.1 Å². The fraction of sp³-hybridized carbons (Fsp3) is 0.462. The van der Waals surface area contributed by atoms with Crippen LogP contribution in [0.1, 0.15) is 43.1 Å². The Morgan fingerprint density at radius 1 is 1.22 bits per heavy atom. The van der Waals surface area contributed by atoms with Crippen molar-refractivity contribution in [3.63, 3.8) is 0 Å². The maximum Gasteiger partial charge on any atom is 0.243 e. The quantitative estimate of drug-likeness (QED) is 0.896. The normalized spacial score (nSPS) is 12.7. The summed E-state index contributed by atoms with van der Waals surface area (Å²) < 4.78 is 5.21. The van der Waals surface area contributed by atoms with Crippen LogP contribution < -0.4 is 5.73 Å². The molecule has 2 aromatic heterocycles. The van der Waals surface area contributed by atoms with Crippen molar-refractivity contribution < 1.29 is 4.52 Å². The average Bonchev–Trinajstić information content (AvgIpc) is 2.77. The molecule has 1 atom stereocenters. The Balaban J connectivity index is 2.29. The highest BCUT2D eigenvalue weighted by Gasteiger charge is 2.15. The first-order valence-corrected chi connectivity index (χ1v) is 6.15. The first-order valence-electron chi connectivity index (χ1n) is 6.15. The summed E-state index contributed by atoms with van der Waals surface area (Å²) in [6.45, 7) is 5.97. The van der Waals surface area contributed by atoms with Crippen LogP contribution >= 0.6 is 0 Å². The highest BCUT2D eigenvalue weighted by atomic mass is 16.5. The van der Waals surface area contributed by atoms with Crippen molar-refractivity contribution in [2.45, 2.75) is 39.7 Å². The number of rotatable bonds is 4. The second-order valence-corrected chi connectivity index (χ2v) is 4.49. The van der Waals surface area contributed by atoms with Crippen molar-refractivity contribution >= 4 is 0 Å². The fourth-order valence-corrected chi connectivity index (χ4v) is 1.90. The van der Waals surface area contributed by atoms with Crippen LogP contribution in [0.15, 0.2) is 16.7 Å². The van der Waals surface area contributed by atoms with E-state index in [4.69, 9.17) is 10.3 Å². The number of nitrogens with zero attached hydrogens (tertiary/aromatic N) is 3. The molecule has 0 amide bonds. The molecule has 0 saturated carbocycles. The summed E-state index contributed by atoms with van der Waals surface area (Å²) in [5.74, 6) is 1.07. The van der Waals surface area contributed by atoms with E-state index in [-0.39, 0.29) is 6.04 Å². The van der Waals surface area contributed by atoms with Gasteiger partial charge in [0.15, 0.2) is 0 Å². The fourth-order valence-electron chi connectivity index (χ4n) is 1.90. The minimum atomic E-state index is -0.180. The molecule has 0 radical (unpaired) electrons. The molecule has 0 aliphatic carbocycles. The van der Waals surface area contributed by atoms with Gasteiger partial charge in [-0.2, -0.15) is 4.98 Å². The number of aromatic nitrogens is 3. The third kappa shape index (κ3) is 2.73. The van der Waals surface area contributed by atoms with Gasteiger partial charge in [-0.1, -0.05) is 18.5 Å². The van der Waals surface area contributed by atoms with Crippen molar-refractivity contribution in [1.29, 1.82) is 0 Å². The molecule has 0 unspecified atom stereocenters. The molecule has 0 saturated heterocycles. The maximum absolute atomic E-state index is 5.95. The zero-order chi connectivity index (χ0) is 13.1. The van der Waals surface area contributed by atoms with Crippen molar-refractivity contribution in [2.24, 2.45) is 5.73 Å². The van der Waals surface area contributed by atoms with Gasteiger partial charge in [-0.3, -0.25) is 4.98 Å². The van der Waals surface area contributed by atoms with Gasteiger partial charge in [0.2, 0.25) is 11.7 Å². The monoisotopic (exact) mass is 246 g/mol. The lowest BCUT2D eigenvalue weighted by Crippen LogP contribution is -2.09. The minimum absolute atomic E-state index is 0.180. The van der Waals surface area contributed by atoms with Crippen LogP contribution in [0.2, 0.25) is 0 Å². The lowest BCUT2D eigenvalue weighted by Gasteiger charge is -2.02. The molecule has 96 valence electrons. The van der Waals surface area contributed by atoms with Gasteiger partial charge in [-0.15, -0.1) is 0 Å². The molecule has 0 aliphatic heterocycles. The van der Waals surface area contributed by atoms with Crippen LogP contribution in [0.25, 0.3) is 11.4 Å². The molecule has 2 N–H and O–H groups in total. The largest absolute Gasteiger partial charge is 0.337 e. The Morgan fingerprint density at radius 2 is 1.89 bits per heavy atom. The summed E-state index contributed by atoms with van der Waals surface area (Å²) in [5, 5.41) is 3.98. The van der Waals surface area contributed by atoms with Crippen LogP contribution in [0.5, 0.6) is 0 Å². The molecule has 18 heavy (non-hydrogen) atoms. The Bertz CT molecular complexity index is 515. The first-order chi connectivity index (χ1) is 8.60. The molecule has 0 aliphatic rings. The van der Waals surface area contributed by atoms with E-state index in [0.717, 1.165) is 29.8 Å². The summed E-state index contributed by atoms with van der Waals surface area (Å²) in [5.41, 5.74) is 8.74. The van der Waals surface area contributed by atoms with E-state index >= 15 is 0 Å². The van der Waals surface area contributed by atoms with E-state index in [2.05, 4.69) is 22.0 Å². The van der Waals surface area contributed by atoms with Gasteiger partial charge >= 0.3 is 0 Å². The van der Waals surface area contributed by atoms with Crippen LogP contribution in [-0.2, 0) is 0 Å². The molecule has 0 aromatic carbocycles. The molecular weight excluding hydrogens is 228 g/mol. The molecular formula is C13H18N4O. The summed E-state index contributed by atoms with van der Waals surface area (Å²) in [7, 11) is 0. The van der Waals surface area contributed by atoms with E-state index in [1.165, 1.54) is 0 Å². The third-order valence-corrected chi connectivity index (χ3v) is 2.70. The maximum atomic E-state index is 5.95. The van der Waals surface area contributed by atoms with E-state index in [1.807, 2.05) is 26.0 Å². The average molecular weight is 246 g/mol. The van der Waals surface area contributed by atoms with Gasteiger partial charge in [-0.25, -0.2) is 0 Å². The third-order valence-electron chi connectivity index (χ3n) is 2.70. The molecule has 0 fully saturated rings. The lowest BCUT2D eigenvalue weighted by atomic mass is 10.1. The van der Waals surface area contributed by atoms with Gasteiger partial charge in [0.25, 0.3) is 0 Å². The van der Waals surface area contributed by atoms with Crippen molar-refractivity contribution in [3.8, 4) is 11.4 Å². The molecule has 5 heteroatoms. The van der Waals surface area contributed by atoms with Crippen molar-refractivity contribution in [2.75, 3.05) is 0 Å². The van der Waals surface area contributed by atoms with Crippen molar-refractivity contribution in [1.82, 2.24) is 15.1 Å². The zero-order valence-corrected chi connectivity index (χ0v) is 11.0. The lowest BCUT2D eigenvalue weighted by molar-refractivity contribution is 0.348. The van der Waals surface area contributed by atoms with E-state index in [9.17, 15) is 0 Å². The second-order valence-electron chi connectivity index (χ2n) is 4.49. The summed E-state index contributed by atoms with van der Waals surface area (Å²) >= 11 is 0. The molecule has 5 nitrogen and oxygen atoms in total. The summed E-state index contributed by atoms with van der Waals surface area (Å²) in [6, 6.07) is 3.69. The minimum Gasteiger partial charge on any atom is -0.337 e. The smallest absolute Gasteiger partial charge is 0.243 e. The number of aryl methyl sites for hydroxylation is 2. The van der Waals surface area contributed by atoms with Crippen LogP contribution in [0.3, 0.4) is 0 Å². The first kappa shape index (κ1) is 12.7. The summed E-state index contributed by atoms with van der Waals surface area (Å²) in [4.78, 5) is 8.67. The van der Waals surface area contributed by atoms with Gasteiger partial charge in [0.05, 0.1) is 6.04 Å². The number of nitrogens with two attached hydrogens (primary N) is 1. The highest BCUT2D eigenvalue weighted by molar-refractivity contribution is 5.55. The summed E-state index contributed by atoms with van der Waals surface area (Å²) in [6.07, 6.45) is 1.84. The zero-order valence-electron chi connectivity index (χ0n) is 11.0. The van der Waals surface area contributed by atoms with E-state index in [1.54, 1.807) is 0 Å². The predicted molar refractivity (Wildman–Crippen MR) is 68.8 cm³/mol. The molecule has 0 spiro atoms. The Labute approximate surface area is 106 Å². The Hall–Kier alpha value is -1.75. The molecule has 0 bridgehead atoms. The van der Waals surface area contributed by atoms with Crippen LogP contribution in [0.4, 0.5) is 0 Å². The van der Waals surface area contributed by atoms with E-state index in [0.29, 0.717) is 11.7 Å². The van der Waals surface area contributed by atoms with Gasteiger partial charge < -0.3 is 10.3 Å². The standard InChI is InChI=1S/C13H18N4O/c1-4-5-11(14)13-16-12(17-18-13)10-6-8(2)15-9(3)7-10/h6-7,11H,4-5,14H2,1-3H3/t11-/m1/s1. The topological polar surface area (TPSA) is 77.8 Å². The number of hydrogen-bond donors (Lipinski definition) is 1. The van der Waals surface area contributed by atoms with Crippen molar-refractivity contribution in [3.05, 3.63) is 29.4 Å². The van der Waals surface area contributed by atoms with Gasteiger partial charge in [0.1, 0.15) is 0 Å². The van der Waals surface area contributed by atoms with E-state index < -0.39 is 0 Å². The van der Waals surface area contributed by atoms with Gasteiger partial charge in [-0.05, 0) is 32.4 Å². The second kappa shape index (κ2) is 5.27. The van der Waals surface area contributed by atoms with Crippen LogP contribution in [0, 0.1) is 13.8 Å². The molecule has 2 heterocycles.